The Hall–Kier alpha value is -3.96. The molecule has 0 radical (unpaired) electrons. The van der Waals surface area contributed by atoms with E-state index in [4.69, 9.17) is 9.68 Å². The molecule has 1 N–H and O–H groups in total. The second-order valence-electron chi connectivity index (χ2n) is 7.07. The number of nitriles is 1. The average molecular weight is 431 g/mol. The monoisotopic (exact) mass is 431 g/mol. The summed E-state index contributed by atoms with van der Waals surface area (Å²) >= 11 is 0. The fourth-order valence-corrected chi connectivity index (χ4v) is 4.10. The zero-order chi connectivity index (χ0) is 22.2. The van der Waals surface area contributed by atoms with Gasteiger partial charge in [-0.25, -0.2) is 13.4 Å². The molecule has 0 unspecified atom stereocenters. The van der Waals surface area contributed by atoms with Crippen molar-refractivity contribution in [1.82, 2.24) is 4.98 Å². The van der Waals surface area contributed by atoms with Gasteiger partial charge in [0.2, 0.25) is 5.89 Å². The normalized spacial score (nSPS) is 11.3. The predicted octanol–water partition coefficient (Wildman–Crippen LogP) is 4.33. The Morgan fingerprint density at radius 3 is 2.58 bits per heavy atom. The van der Waals surface area contributed by atoms with Gasteiger partial charge in [0.15, 0.2) is 15.4 Å². The maximum absolute atomic E-state index is 12.8. The molecule has 1 heterocycles. The third-order valence-corrected chi connectivity index (χ3v) is 5.93. The van der Waals surface area contributed by atoms with Crippen LogP contribution in [0.1, 0.15) is 21.5 Å². The number of sulfone groups is 1. The van der Waals surface area contributed by atoms with Crippen LogP contribution < -0.4 is 5.32 Å². The summed E-state index contributed by atoms with van der Waals surface area (Å²) in [6.07, 6.45) is 1.01. The number of carbonyl (C=O) groups excluding carboxylic acids is 1. The number of benzene rings is 3. The Morgan fingerprint density at radius 2 is 1.87 bits per heavy atom. The number of hydrogen-bond acceptors (Lipinski definition) is 6. The van der Waals surface area contributed by atoms with Crippen LogP contribution in [-0.2, 0) is 9.84 Å². The van der Waals surface area contributed by atoms with E-state index in [1.54, 1.807) is 18.2 Å². The van der Waals surface area contributed by atoms with Gasteiger partial charge >= 0.3 is 0 Å². The molecular formula is C23H17N3O4S. The van der Waals surface area contributed by atoms with Crippen LogP contribution >= 0.6 is 0 Å². The molecule has 0 atom stereocenters. The average Bonchev–Trinajstić information content (AvgIpc) is 3.16. The van der Waals surface area contributed by atoms with E-state index in [9.17, 15) is 13.2 Å². The first kappa shape index (κ1) is 20.3. The van der Waals surface area contributed by atoms with Crippen molar-refractivity contribution in [2.75, 3.05) is 11.6 Å². The third kappa shape index (κ3) is 4.04. The highest BCUT2D eigenvalue weighted by atomic mass is 32.2. The SMILES string of the molecule is Cc1ccccc1-c1nc2cc(NC(=O)c3cc(C#N)ccc3S(C)(=O)=O)ccc2o1. The third-order valence-electron chi connectivity index (χ3n) is 4.77. The van der Waals surface area contributed by atoms with Crippen LogP contribution in [0.5, 0.6) is 0 Å². The van der Waals surface area contributed by atoms with Gasteiger partial charge in [-0.15, -0.1) is 0 Å². The minimum Gasteiger partial charge on any atom is -0.436 e. The molecule has 4 rings (SSSR count). The highest BCUT2D eigenvalue weighted by molar-refractivity contribution is 7.90. The number of oxazole rings is 1. The van der Waals surface area contributed by atoms with E-state index in [0.29, 0.717) is 22.7 Å². The lowest BCUT2D eigenvalue weighted by atomic mass is 10.1. The molecule has 0 aliphatic heterocycles. The number of fused-ring (bicyclic) bond motifs is 1. The van der Waals surface area contributed by atoms with Crippen LogP contribution in [0.4, 0.5) is 5.69 Å². The summed E-state index contributed by atoms with van der Waals surface area (Å²) in [6.45, 7) is 1.96. The maximum atomic E-state index is 12.8. The van der Waals surface area contributed by atoms with Crippen LogP contribution in [0.2, 0.25) is 0 Å². The van der Waals surface area contributed by atoms with Crippen molar-refractivity contribution in [2.24, 2.45) is 0 Å². The second kappa shape index (κ2) is 7.70. The lowest BCUT2D eigenvalue weighted by molar-refractivity contribution is 0.102. The molecule has 7 nitrogen and oxygen atoms in total. The number of carbonyl (C=O) groups is 1. The van der Waals surface area contributed by atoms with E-state index < -0.39 is 15.7 Å². The first-order valence-corrected chi connectivity index (χ1v) is 11.2. The molecule has 0 fully saturated rings. The zero-order valence-corrected chi connectivity index (χ0v) is 17.5. The lowest BCUT2D eigenvalue weighted by Gasteiger charge is -2.09. The van der Waals surface area contributed by atoms with E-state index in [2.05, 4.69) is 10.3 Å². The van der Waals surface area contributed by atoms with Crippen LogP contribution in [0.3, 0.4) is 0 Å². The topological polar surface area (TPSA) is 113 Å². The maximum Gasteiger partial charge on any atom is 0.257 e. The van der Waals surface area contributed by atoms with Crippen molar-refractivity contribution in [3.63, 3.8) is 0 Å². The van der Waals surface area contributed by atoms with Gasteiger partial charge in [0.25, 0.3) is 5.91 Å². The predicted molar refractivity (Wildman–Crippen MR) is 116 cm³/mol. The summed E-state index contributed by atoms with van der Waals surface area (Å²) in [4.78, 5) is 17.2. The Kier molecular flexibility index (Phi) is 5.05. The van der Waals surface area contributed by atoms with Gasteiger partial charge in [-0.1, -0.05) is 18.2 Å². The molecule has 3 aromatic carbocycles. The molecule has 1 amide bonds. The molecular weight excluding hydrogens is 414 g/mol. The summed E-state index contributed by atoms with van der Waals surface area (Å²) in [5.41, 5.74) is 3.51. The van der Waals surface area contributed by atoms with Crippen molar-refractivity contribution >= 4 is 32.5 Å². The number of anilines is 1. The molecule has 31 heavy (non-hydrogen) atoms. The van der Waals surface area contributed by atoms with Crippen molar-refractivity contribution in [1.29, 1.82) is 5.26 Å². The van der Waals surface area contributed by atoms with Gasteiger partial charge in [0.05, 0.1) is 22.1 Å². The summed E-state index contributed by atoms with van der Waals surface area (Å²) in [5, 5.41) is 11.8. The minimum absolute atomic E-state index is 0.0950. The van der Waals surface area contributed by atoms with E-state index in [1.807, 2.05) is 37.3 Å². The van der Waals surface area contributed by atoms with Crippen molar-refractivity contribution in [2.45, 2.75) is 11.8 Å². The minimum atomic E-state index is -3.66. The van der Waals surface area contributed by atoms with Crippen molar-refractivity contribution in [3.8, 4) is 17.5 Å². The Labute approximate surface area is 178 Å². The molecule has 0 saturated heterocycles. The molecule has 0 aliphatic carbocycles. The van der Waals surface area contributed by atoms with Gasteiger partial charge in [0.1, 0.15) is 5.52 Å². The largest absolute Gasteiger partial charge is 0.436 e. The quantitative estimate of drug-likeness (QED) is 0.514. The van der Waals surface area contributed by atoms with Crippen LogP contribution in [0, 0.1) is 18.3 Å². The molecule has 154 valence electrons. The Bertz CT molecular complexity index is 1480. The van der Waals surface area contributed by atoms with E-state index in [-0.39, 0.29) is 16.0 Å². The van der Waals surface area contributed by atoms with Gasteiger partial charge in [-0.05, 0) is 55.0 Å². The number of amides is 1. The van der Waals surface area contributed by atoms with Crippen LogP contribution in [-0.4, -0.2) is 25.6 Å². The highest BCUT2D eigenvalue weighted by Crippen LogP contribution is 2.28. The molecule has 0 saturated carbocycles. The summed E-state index contributed by atoms with van der Waals surface area (Å²) < 4.78 is 30.0. The summed E-state index contributed by atoms with van der Waals surface area (Å²) in [5.74, 6) is -0.169. The van der Waals surface area contributed by atoms with Crippen LogP contribution in [0.15, 0.2) is 70.0 Å². The molecule has 4 aromatic rings. The second-order valence-corrected chi connectivity index (χ2v) is 9.05. The van der Waals surface area contributed by atoms with E-state index in [1.165, 1.54) is 18.2 Å². The van der Waals surface area contributed by atoms with E-state index >= 15 is 0 Å². The number of nitrogens with zero attached hydrogens (tertiary/aromatic N) is 2. The Morgan fingerprint density at radius 1 is 1.10 bits per heavy atom. The fourth-order valence-electron chi connectivity index (χ4n) is 3.23. The van der Waals surface area contributed by atoms with E-state index in [0.717, 1.165) is 17.4 Å². The first-order chi connectivity index (χ1) is 14.8. The van der Waals surface area contributed by atoms with Gasteiger partial charge < -0.3 is 9.73 Å². The number of nitrogens with one attached hydrogen (secondary N) is 1. The van der Waals surface area contributed by atoms with Crippen molar-refractivity contribution in [3.05, 3.63) is 77.4 Å². The van der Waals surface area contributed by atoms with Gasteiger partial charge in [-0.3, -0.25) is 4.79 Å². The molecule has 0 bridgehead atoms. The van der Waals surface area contributed by atoms with Crippen molar-refractivity contribution < 1.29 is 17.6 Å². The Balaban J connectivity index is 1.69. The standard InChI is InChI=1S/C23H17N3O4S/c1-14-5-3-4-6-17(14)23-26-19-12-16(8-9-20(19)30-23)25-22(27)18-11-15(13-24)7-10-21(18)31(2,28)29/h3-12H,1-2H3,(H,25,27). The molecule has 0 spiro atoms. The number of aryl methyl sites for hydroxylation is 1. The van der Waals surface area contributed by atoms with Gasteiger partial charge in [0, 0.05) is 17.5 Å². The number of rotatable bonds is 4. The lowest BCUT2D eigenvalue weighted by Crippen LogP contribution is -2.16. The zero-order valence-electron chi connectivity index (χ0n) is 16.7. The summed E-state index contributed by atoms with van der Waals surface area (Å²) in [6, 6.07) is 18.5. The highest BCUT2D eigenvalue weighted by Gasteiger charge is 2.20. The molecule has 1 aromatic heterocycles. The molecule has 8 heteroatoms. The number of aromatic nitrogens is 1. The molecule has 0 aliphatic rings. The number of hydrogen-bond donors (Lipinski definition) is 1. The van der Waals surface area contributed by atoms with Crippen LogP contribution in [0.25, 0.3) is 22.6 Å². The smallest absolute Gasteiger partial charge is 0.257 e. The summed E-state index contributed by atoms with van der Waals surface area (Å²) in [7, 11) is -3.66. The fraction of sp³-hybridized carbons (Fsp3) is 0.0870. The van der Waals surface area contributed by atoms with Gasteiger partial charge in [-0.2, -0.15) is 5.26 Å². The first-order valence-electron chi connectivity index (χ1n) is 9.28.